The monoisotopic (exact) mass is 255 g/mol. The summed E-state index contributed by atoms with van der Waals surface area (Å²) in [6.45, 7) is 5.81. The first-order chi connectivity index (χ1) is 8.55. The van der Waals surface area contributed by atoms with Gasteiger partial charge in [0.25, 0.3) is 0 Å². The van der Waals surface area contributed by atoms with Gasteiger partial charge in [0, 0.05) is 26.2 Å². The molecule has 1 saturated carbocycles. The summed E-state index contributed by atoms with van der Waals surface area (Å²) >= 11 is 0. The van der Waals surface area contributed by atoms with E-state index in [4.69, 9.17) is 10.5 Å². The number of amides is 1. The fourth-order valence-electron chi connectivity index (χ4n) is 3.10. The van der Waals surface area contributed by atoms with Crippen LogP contribution in [0.5, 0.6) is 0 Å². The second kappa shape index (κ2) is 5.55. The van der Waals surface area contributed by atoms with Crippen molar-refractivity contribution in [3.05, 3.63) is 0 Å². The molecule has 2 rings (SSSR count). The normalized spacial score (nSPS) is 37.1. The highest BCUT2D eigenvalue weighted by atomic mass is 16.5. The van der Waals surface area contributed by atoms with Crippen LogP contribution in [-0.4, -0.2) is 56.7 Å². The van der Waals surface area contributed by atoms with Crippen molar-refractivity contribution >= 4 is 5.91 Å². The summed E-state index contributed by atoms with van der Waals surface area (Å²) < 4.78 is 5.63. The maximum Gasteiger partial charge on any atom is 0.227 e. The lowest BCUT2D eigenvalue weighted by Crippen LogP contribution is -2.55. The van der Waals surface area contributed by atoms with Crippen molar-refractivity contribution in [2.45, 2.75) is 25.9 Å². The van der Waals surface area contributed by atoms with Crippen LogP contribution in [0.1, 0.15) is 19.8 Å². The molecule has 0 aromatic carbocycles. The van der Waals surface area contributed by atoms with E-state index >= 15 is 0 Å². The molecule has 0 aromatic rings. The molecule has 1 heterocycles. The average molecular weight is 255 g/mol. The number of nitrogens with zero attached hydrogens (tertiary/aromatic N) is 1. The second-order valence-corrected chi connectivity index (χ2v) is 5.96. The standard InChI is InChI=1S/C13H25N3O2/c1-10-5-13(6-10,9-14)12(17)15-7-11-8-16(2)3-4-18-11/h10-11H,3-9,14H2,1-2H3,(H,15,17). The predicted octanol–water partition coefficient (Wildman–Crippen LogP) is -0.192. The zero-order chi connectivity index (χ0) is 13.2. The number of hydrogen-bond acceptors (Lipinski definition) is 4. The Labute approximate surface area is 109 Å². The molecule has 0 bridgehead atoms. The van der Waals surface area contributed by atoms with Gasteiger partial charge in [-0.1, -0.05) is 6.92 Å². The summed E-state index contributed by atoms with van der Waals surface area (Å²) in [5, 5.41) is 3.02. The second-order valence-electron chi connectivity index (χ2n) is 5.96. The number of carbonyl (C=O) groups excluding carboxylic acids is 1. The Morgan fingerprint density at radius 3 is 2.83 bits per heavy atom. The third-order valence-electron chi connectivity index (χ3n) is 4.18. The number of carbonyl (C=O) groups is 1. The molecular formula is C13H25N3O2. The van der Waals surface area contributed by atoms with Crippen LogP contribution in [0.3, 0.4) is 0 Å². The molecule has 18 heavy (non-hydrogen) atoms. The summed E-state index contributed by atoms with van der Waals surface area (Å²) in [6.07, 6.45) is 1.95. The van der Waals surface area contributed by atoms with Crippen LogP contribution in [0.2, 0.25) is 0 Å². The van der Waals surface area contributed by atoms with Crippen molar-refractivity contribution in [3.8, 4) is 0 Å². The first kappa shape index (κ1) is 13.8. The summed E-state index contributed by atoms with van der Waals surface area (Å²) in [5.74, 6) is 0.733. The number of morpholine rings is 1. The van der Waals surface area contributed by atoms with Crippen LogP contribution >= 0.6 is 0 Å². The topological polar surface area (TPSA) is 67.6 Å². The van der Waals surface area contributed by atoms with E-state index in [1.807, 2.05) is 0 Å². The third-order valence-corrected chi connectivity index (χ3v) is 4.18. The van der Waals surface area contributed by atoms with Gasteiger partial charge >= 0.3 is 0 Å². The SMILES string of the molecule is CC1CC(CN)(C(=O)NCC2CN(C)CCO2)C1. The van der Waals surface area contributed by atoms with Crippen molar-refractivity contribution in [1.29, 1.82) is 0 Å². The largest absolute Gasteiger partial charge is 0.374 e. The fraction of sp³-hybridized carbons (Fsp3) is 0.923. The number of ether oxygens (including phenoxy) is 1. The summed E-state index contributed by atoms with van der Waals surface area (Å²) in [6, 6.07) is 0. The molecule has 1 amide bonds. The smallest absolute Gasteiger partial charge is 0.227 e. The molecule has 2 fully saturated rings. The van der Waals surface area contributed by atoms with E-state index in [2.05, 4.69) is 24.2 Å². The lowest BCUT2D eigenvalue weighted by molar-refractivity contribution is -0.139. The minimum atomic E-state index is -0.306. The summed E-state index contributed by atoms with van der Waals surface area (Å²) in [4.78, 5) is 14.4. The van der Waals surface area contributed by atoms with Gasteiger partial charge in [0.05, 0.1) is 18.1 Å². The Kier molecular flexibility index (Phi) is 4.25. The number of rotatable bonds is 4. The molecule has 1 aliphatic carbocycles. The highest BCUT2D eigenvalue weighted by Crippen LogP contribution is 2.44. The molecular weight excluding hydrogens is 230 g/mol. The predicted molar refractivity (Wildman–Crippen MR) is 70.1 cm³/mol. The van der Waals surface area contributed by atoms with Gasteiger partial charge in [0.2, 0.25) is 5.91 Å². The van der Waals surface area contributed by atoms with Crippen LogP contribution in [-0.2, 0) is 9.53 Å². The number of nitrogens with one attached hydrogen (secondary N) is 1. The Morgan fingerprint density at radius 2 is 2.28 bits per heavy atom. The molecule has 104 valence electrons. The molecule has 3 N–H and O–H groups in total. The van der Waals surface area contributed by atoms with Crippen LogP contribution < -0.4 is 11.1 Å². The number of hydrogen-bond donors (Lipinski definition) is 2. The van der Waals surface area contributed by atoms with Gasteiger partial charge in [0.1, 0.15) is 0 Å². The highest BCUT2D eigenvalue weighted by Gasteiger charge is 2.47. The summed E-state index contributed by atoms with van der Waals surface area (Å²) in [5.41, 5.74) is 5.46. The molecule has 2 aliphatic rings. The zero-order valence-electron chi connectivity index (χ0n) is 11.4. The Balaban J connectivity index is 1.77. The van der Waals surface area contributed by atoms with Gasteiger partial charge in [-0.15, -0.1) is 0 Å². The van der Waals surface area contributed by atoms with Gasteiger partial charge in [-0.25, -0.2) is 0 Å². The van der Waals surface area contributed by atoms with Crippen molar-refractivity contribution in [1.82, 2.24) is 10.2 Å². The number of nitrogens with two attached hydrogens (primary N) is 1. The molecule has 1 atom stereocenters. The first-order valence-electron chi connectivity index (χ1n) is 6.84. The lowest BCUT2D eigenvalue weighted by atomic mass is 9.62. The molecule has 1 saturated heterocycles. The maximum atomic E-state index is 12.2. The van der Waals surface area contributed by atoms with Gasteiger partial charge < -0.3 is 20.7 Å². The molecule has 5 nitrogen and oxygen atoms in total. The molecule has 5 heteroatoms. The van der Waals surface area contributed by atoms with E-state index in [1.165, 1.54) is 0 Å². The third kappa shape index (κ3) is 2.84. The van der Waals surface area contributed by atoms with Gasteiger partial charge in [0.15, 0.2) is 0 Å². The van der Waals surface area contributed by atoms with E-state index in [-0.39, 0.29) is 17.4 Å². The van der Waals surface area contributed by atoms with Crippen molar-refractivity contribution < 1.29 is 9.53 Å². The van der Waals surface area contributed by atoms with E-state index < -0.39 is 0 Å². The molecule has 0 spiro atoms. The maximum absolute atomic E-state index is 12.2. The molecule has 0 aromatic heterocycles. The van der Waals surface area contributed by atoms with Crippen LogP contribution in [0.25, 0.3) is 0 Å². The van der Waals surface area contributed by atoms with Crippen molar-refractivity contribution in [2.75, 3.05) is 39.8 Å². The van der Waals surface area contributed by atoms with Crippen molar-refractivity contribution in [2.24, 2.45) is 17.1 Å². The first-order valence-corrected chi connectivity index (χ1v) is 6.84. The summed E-state index contributed by atoms with van der Waals surface area (Å²) in [7, 11) is 2.08. The quantitative estimate of drug-likeness (QED) is 0.730. The average Bonchev–Trinajstić information content (AvgIpc) is 2.32. The molecule has 1 aliphatic heterocycles. The van der Waals surface area contributed by atoms with Gasteiger partial charge in [-0.2, -0.15) is 0 Å². The Hall–Kier alpha value is -0.650. The van der Waals surface area contributed by atoms with E-state index in [0.29, 0.717) is 19.0 Å². The van der Waals surface area contributed by atoms with E-state index in [0.717, 1.165) is 32.5 Å². The van der Waals surface area contributed by atoms with Crippen molar-refractivity contribution in [3.63, 3.8) is 0 Å². The van der Waals surface area contributed by atoms with Crippen LogP contribution in [0, 0.1) is 11.3 Å². The number of likely N-dealkylation sites (N-methyl/N-ethyl adjacent to an activating group) is 1. The Morgan fingerprint density at radius 1 is 1.56 bits per heavy atom. The minimum Gasteiger partial charge on any atom is -0.374 e. The van der Waals surface area contributed by atoms with Gasteiger partial charge in [-0.05, 0) is 25.8 Å². The minimum absolute atomic E-state index is 0.111. The fourth-order valence-corrected chi connectivity index (χ4v) is 3.10. The van der Waals surface area contributed by atoms with E-state index in [9.17, 15) is 4.79 Å². The van der Waals surface area contributed by atoms with Gasteiger partial charge in [-0.3, -0.25) is 4.79 Å². The van der Waals surface area contributed by atoms with E-state index in [1.54, 1.807) is 0 Å². The Bertz CT molecular complexity index is 303. The molecule has 1 unspecified atom stereocenters. The van der Waals surface area contributed by atoms with Crippen LogP contribution in [0.4, 0.5) is 0 Å². The zero-order valence-corrected chi connectivity index (χ0v) is 11.4. The van der Waals surface area contributed by atoms with Crippen LogP contribution in [0.15, 0.2) is 0 Å². The highest BCUT2D eigenvalue weighted by molar-refractivity contribution is 5.84. The lowest BCUT2D eigenvalue weighted by Gasteiger charge is -2.44. The molecule has 0 radical (unpaired) electrons.